The molecule has 8 rings (SSSR count). The molecule has 220 valence electrons. The Bertz CT molecular complexity index is 1800. The predicted octanol–water partition coefficient (Wildman–Crippen LogP) is 5.20. The standard InChI is InChI=1S/C34H35F2N6O/c1-3-24-27(35)12-9-21-7-4-8-25(28(21)24)30-29(36)31-26(17-37-30)32(41-18-22-10-11-23(19-41)38-22)40-33(39-31)43-20-34-13-5-15-42(34,2)16-6-14-34/h1,4,7-9,12,17,22-23,38H,5-6,10-11,13-16,18-20H2,2H3/q+1. The molecular formula is C34H35F2N6O+. The zero-order valence-corrected chi connectivity index (χ0v) is 24.4. The van der Waals surface area contributed by atoms with Crippen LogP contribution in [0.15, 0.2) is 36.5 Å². The molecule has 2 atom stereocenters. The Labute approximate surface area is 249 Å². The molecule has 43 heavy (non-hydrogen) atoms. The summed E-state index contributed by atoms with van der Waals surface area (Å²) in [4.78, 5) is 16.4. The highest BCUT2D eigenvalue weighted by atomic mass is 19.1. The first kappa shape index (κ1) is 26.7. The minimum atomic E-state index is -0.593. The van der Waals surface area contributed by atoms with E-state index in [9.17, 15) is 4.39 Å². The molecule has 0 aliphatic carbocycles. The summed E-state index contributed by atoms with van der Waals surface area (Å²) >= 11 is 0. The van der Waals surface area contributed by atoms with Gasteiger partial charge < -0.3 is 19.4 Å². The van der Waals surface area contributed by atoms with Crippen molar-refractivity contribution in [2.45, 2.75) is 56.1 Å². The number of aromatic nitrogens is 3. The molecule has 1 N–H and O–H groups in total. The van der Waals surface area contributed by atoms with E-state index in [4.69, 9.17) is 21.1 Å². The van der Waals surface area contributed by atoms with E-state index in [2.05, 4.69) is 28.2 Å². The van der Waals surface area contributed by atoms with Crippen molar-refractivity contribution in [3.63, 3.8) is 0 Å². The van der Waals surface area contributed by atoms with Crippen molar-refractivity contribution in [1.29, 1.82) is 0 Å². The Kier molecular flexibility index (Phi) is 6.11. The number of nitrogens with zero attached hydrogens (tertiary/aromatic N) is 5. The summed E-state index contributed by atoms with van der Waals surface area (Å²) in [6, 6.07) is 9.28. The molecule has 4 saturated heterocycles. The molecule has 2 bridgehead atoms. The zero-order valence-electron chi connectivity index (χ0n) is 24.4. The van der Waals surface area contributed by atoms with Crippen molar-refractivity contribution in [2.24, 2.45) is 0 Å². The third-order valence-corrected chi connectivity index (χ3v) is 10.8. The third-order valence-electron chi connectivity index (χ3n) is 10.8. The molecule has 4 aromatic rings. The fraction of sp³-hybridized carbons (Fsp3) is 0.441. The van der Waals surface area contributed by atoms with Crippen molar-refractivity contribution < 1.29 is 18.0 Å². The second kappa shape index (κ2) is 9.83. The van der Waals surface area contributed by atoms with Crippen LogP contribution in [0.25, 0.3) is 32.9 Å². The second-order valence-electron chi connectivity index (χ2n) is 13.1. The van der Waals surface area contributed by atoms with Crippen LogP contribution in [0.1, 0.15) is 44.1 Å². The largest absolute Gasteiger partial charge is 0.457 e. The normalized spacial score (nSPS) is 28.0. The first-order valence-electron chi connectivity index (χ1n) is 15.4. The fourth-order valence-corrected chi connectivity index (χ4v) is 8.44. The monoisotopic (exact) mass is 581 g/mol. The summed E-state index contributed by atoms with van der Waals surface area (Å²) in [6.45, 7) is 4.38. The maximum atomic E-state index is 16.7. The number of piperazine rings is 1. The van der Waals surface area contributed by atoms with E-state index >= 15 is 4.39 Å². The third kappa shape index (κ3) is 4.10. The van der Waals surface area contributed by atoms with E-state index in [0.717, 1.165) is 56.3 Å². The van der Waals surface area contributed by atoms with Gasteiger partial charge in [0.2, 0.25) is 0 Å². The average molecular weight is 582 g/mol. The van der Waals surface area contributed by atoms with Gasteiger partial charge in [-0.25, -0.2) is 8.78 Å². The van der Waals surface area contributed by atoms with Gasteiger partial charge in [0.15, 0.2) is 5.82 Å². The van der Waals surface area contributed by atoms with Crippen LogP contribution in [0.4, 0.5) is 14.6 Å². The van der Waals surface area contributed by atoms with Crippen LogP contribution in [-0.4, -0.2) is 76.9 Å². The summed E-state index contributed by atoms with van der Waals surface area (Å²) in [5.74, 6) is 1.99. The average Bonchev–Trinajstić information content (AvgIpc) is 3.63. The van der Waals surface area contributed by atoms with Crippen LogP contribution in [0, 0.1) is 24.0 Å². The van der Waals surface area contributed by atoms with Gasteiger partial charge >= 0.3 is 6.01 Å². The van der Waals surface area contributed by atoms with Crippen molar-refractivity contribution in [1.82, 2.24) is 20.3 Å². The highest BCUT2D eigenvalue weighted by molar-refractivity contribution is 6.02. The fourth-order valence-electron chi connectivity index (χ4n) is 8.44. The first-order valence-corrected chi connectivity index (χ1v) is 15.4. The number of terminal acetylenes is 1. The van der Waals surface area contributed by atoms with E-state index in [-0.39, 0.29) is 28.3 Å². The predicted molar refractivity (Wildman–Crippen MR) is 163 cm³/mol. The molecule has 6 heterocycles. The summed E-state index contributed by atoms with van der Waals surface area (Å²) in [6.07, 6.45) is 14.2. The maximum absolute atomic E-state index is 16.7. The van der Waals surface area contributed by atoms with Crippen LogP contribution in [0.5, 0.6) is 6.01 Å². The number of rotatable bonds is 5. The number of nitrogens with one attached hydrogen (secondary N) is 1. The summed E-state index contributed by atoms with van der Waals surface area (Å²) < 4.78 is 39.0. The van der Waals surface area contributed by atoms with Gasteiger partial charge in [-0.15, -0.1) is 6.42 Å². The number of pyridine rings is 1. The molecule has 2 aromatic heterocycles. The Morgan fingerprint density at radius 2 is 1.86 bits per heavy atom. The number of anilines is 1. The minimum absolute atomic E-state index is 0.0488. The second-order valence-corrected chi connectivity index (χ2v) is 13.1. The van der Waals surface area contributed by atoms with Crippen LogP contribution in [-0.2, 0) is 0 Å². The highest BCUT2D eigenvalue weighted by Gasteiger charge is 2.56. The van der Waals surface area contributed by atoms with E-state index < -0.39 is 11.6 Å². The molecule has 0 saturated carbocycles. The first-order chi connectivity index (χ1) is 20.9. The van der Waals surface area contributed by atoms with Gasteiger partial charge in [-0.1, -0.05) is 30.2 Å². The molecule has 0 radical (unpaired) electrons. The summed E-state index contributed by atoms with van der Waals surface area (Å²) in [5, 5.41) is 5.37. The van der Waals surface area contributed by atoms with Crippen molar-refractivity contribution in [2.75, 3.05) is 44.7 Å². The lowest BCUT2D eigenvalue weighted by Crippen LogP contribution is -2.56. The number of quaternary nitrogens is 1. The molecule has 7 nitrogen and oxygen atoms in total. The van der Waals surface area contributed by atoms with E-state index in [1.807, 2.05) is 6.07 Å². The zero-order chi connectivity index (χ0) is 29.3. The number of benzene rings is 2. The van der Waals surface area contributed by atoms with Gasteiger partial charge in [0.05, 0.1) is 31.1 Å². The van der Waals surface area contributed by atoms with E-state index in [0.29, 0.717) is 46.2 Å². The number of likely N-dealkylation sites (N-methyl/N-ethyl adjacent to an activating group) is 1. The van der Waals surface area contributed by atoms with E-state index in [1.54, 1.807) is 24.4 Å². The van der Waals surface area contributed by atoms with Gasteiger partial charge in [0.25, 0.3) is 0 Å². The van der Waals surface area contributed by atoms with Crippen LogP contribution in [0.2, 0.25) is 0 Å². The minimum Gasteiger partial charge on any atom is -0.457 e. The van der Waals surface area contributed by atoms with Gasteiger partial charge in [0, 0.05) is 68.0 Å². The molecule has 9 heteroatoms. The number of halogens is 2. The molecule has 4 fully saturated rings. The van der Waals surface area contributed by atoms with Crippen LogP contribution < -0.4 is 15.0 Å². The van der Waals surface area contributed by atoms with Gasteiger partial charge in [-0.05, 0) is 24.3 Å². The van der Waals surface area contributed by atoms with Gasteiger partial charge in [-0.2, -0.15) is 9.97 Å². The van der Waals surface area contributed by atoms with Crippen LogP contribution in [0.3, 0.4) is 0 Å². The Balaban J connectivity index is 1.27. The van der Waals surface area contributed by atoms with E-state index in [1.165, 1.54) is 18.9 Å². The lowest BCUT2D eigenvalue weighted by molar-refractivity contribution is -0.933. The lowest BCUT2D eigenvalue weighted by Gasteiger charge is -2.40. The molecule has 0 amide bonds. The molecule has 2 aromatic carbocycles. The smallest absolute Gasteiger partial charge is 0.319 e. The summed E-state index contributed by atoms with van der Waals surface area (Å²) in [7, 11) is 2.33. The number of ether oxygens (including phenoxy) is 1. The van der Waals surface area contributed by atoms with Crippen molar-refractivity contribution in [3.05, 3.63) is 53.7 Å². The van der Waals surface area contributed by atoms with Gasteiger partial charge in [0.1, 0.15) is 35.0 Å². The number of hydrogen-bond donors (Lipinski definition) is 1. The highest BCUT2D eigenvalue weighted by Crippen LogP contribution is 2.45. The Hall–Kier alpha value is -3.87. The SMILES string of the molecule is C#Cc1c(F)ccc2cccc(-c3ncc4c(N5CC6CCC(C5)N6)nc(OCC56CCC[N+]5(C)CCC6)nc4c3F)c12. The quantitative estimate of drug-likeness (QED) is 0.258. The van der Waals surface area contributed by atoms with Gasteiger partial charge in [-0.3, -0.25) is 4.98 Å². The molecule has 4 aliphatic heterocycles. The summed E-state index contributed by atoms with van der Waals surface area (Å²) in [5.41, 5.74) is 0.792. The topological polar surface area (TPSA) is 63.2 Å². The molecular weight excluding hydrogens is 546 g/mol. The molecule has 4 aliphatic rings. The number of hydrogen-bond acceptors (Lipinski definition) is 6. The number of fused-ring (bicyclic) bond motifs is 5. The van der Waals surface area contributed by atoms with Crippen molar-refractivity contribution >= 4 is 27.5 Å². The lowest BCUT2D eigenvalue weighted by atomic mass is 9.94. The van der Waals surface area contributed by atoms with Crippen LogP contribution >= 0.6 is 0 Å². The molecule has 0 spiro atoms. The molecule has 2 unspecified atom stereocenters. The maximum Gasteiger partial charge on any atom is 0.319 e. The Morgan fingerprint density at radius 3 is 2.60 bits per heavy atom. The van der Waals surface area contributed by atoms with Crippen molar-refractivity contribution in [3.8, 4) is 29.6 Å². The Morgan fingerprint density at radius 1 is 1.09 bits per heavy atom.